The summed E-state index contributed by atoms with van der Waals surface area (Å²) in [5.41, 5.74) is 17.8. The van der Waals surface area contributed by atoms with E-state index in [9.17, 15) is 34.2 Å². The highest BCUT2D eigenvalue weighted by Gasteiger charge is 2.31. The first-order valence-corrected chi connectivity index (χ1v) is 13.1. The molecule has 2 aromatic rings. The molecule has 3 amide bonds. The number of nitrogens with one attached hydrogen (secondary N) is 4. The van der Waals surface area contributed by atoms with E-state index in [0.717, 1.165) is 0 Å². The van der Waals surface area contributed by atoms with Crippen molar-refractivity contribution in [2.24, 2.45) is 22.2 Å². The summed E-state index contributed by atoms with van der Waals surface area (Å²) < 4.78 is 0. The molecule has 2 rings (SSSR count). The zero-order valence-corrected chi connectivity index (χ0v) is 22.9. The topological polar surface area (TPSA) is 281 Å². The molecule has 4 unspecified atom stereocenters. The van der Waals surface area contributed by atoms with Crippen LogP contribution in [0.15, 0.2) is 47.8 Å². The molecule has 0 radical (unpaired) electrons. The second-order valence-corrected chi connectivity index (χ2v) is 9.48. The standard InChI is InChI=1S/C26H37N9O7/c27-17(12-16-13-30-14-32-16)22(38)33-18(8-9-21(36)37)23(39)35-20(11-15-5-2-1-3-6-15)24(40)34-19(25(41)42)7-4-10-31-26(28)29/h1-3,5-6,13-14,17-20H,4,7-12,27H2,(H,30,32)(H,33,38)(H,34,40)(H,35,39)(H,36,37)(H,41,42)(H4,28,29,31). The highest BCUT2D eigenvalue weighted by molar-refractivity contribution is 5.94. The quantitative estimate of drug-likeness (QED) is 0.0521. The highest BCUT2D eigenvalue weighted by Crippen LogP contribution is 2.08. The fourth-order valence-corrected chi connectivity index (χ4v) is 3.91. The van der Waals surface area contributed by atoms with Gasteiger partial charge in [0.1, 0.15) is 18.1 Å². The Labute approximate surface area is 241 Å². The van der Waals surface area contributed by atoms with Gasteiger partial charge in [-0.25, -0.2) is 9.78 Å². The minimum absolute atomic E-state index is 0.00930. The summed E-state index contributed by atoms with van der Waals surface area (Å²) in [4.78, 5) is 72.9. The Balaban J connectivity index is 2.19. The van der Waals surface area contributed by atoms with E-state index >= 15 is 0 Å². The Morgan fingerprint density at radius 3 is 2.12 bits per heavy atom. The van der Waals surface area contributed by atoms with Gasteiger partial charge in [0, 0.05) is 37.7 Å². The number of H-pyrrole nitrogens is 1. The third kappa shape index (κ3) is 12.0. The van der Waals surface area contributed by atoms with Crippen LogP contribution in [0.3, 0.4) is 0 Å². The largest absolute Gasteiger partial charge is 0.481 e. The second kappa shape index (κ2) is 17.0. The number of nitrogens with two attached hydrogens (primary N) is 3. The van der Waals surface area contributed by atoms with Crippen molar-refractivity contribution in [3.63, 3.8) is 0 Å². The number of carbonyl (C=O) groups is 5. The molecule has 0 spiro atoms. The van der Waals surface area contributed by atoms with Gasteiger partial charge < -0.3 is 48.3 Å². The molecule has 1 aromatic heterocycles. The number of amides is 3. The smallest absolute Gasteiger partial charge is 0.326 e. The number of hydrogen-bond donors (Lipinski definition) is 9. The maximum absolute atomic E-state index is 13.3. The SMILES string of the molecule is NC(N)=NCCCC(NC(=O)C(Cc1ccccc1)NC(=O)C(CCC(=O)O)NC(=O)C(N)Cc1cnc[nH]1)C(=O)O. The molecule has 0 aliphatic heterocycles. The number of carboxylic acids is 2. The Hall–Kier alpha value is -4.99. The van der Waals surface area contributed by atoms with Crippen molar-refractivity contribution in [1.29, 1.82) is 0 Å². The van der Waals surface area contributed by atoms with E-state index in [2.05, 4.69) is 30.9 Å². The van der Waals surface area contributed by atoms with E-state index in [4.69, 9.17) is 17.2 Å². The van der Waals surface area contributed by atoms with Crippen LogP contribution < -0.4 is 33.2 Å². The molecule has 0 saturated carbocycles. The van der Waals surface area contributed by atoms with Crippen molar-refractivity contribution in [2.75, 3.05) is 6.54 Å². The maximum atomic E-state index is 13.3. The molecule has 0 aliphatic rings. The van der Waals surface area contributed by atoms with Gasteiger partial charge in [-0.05, 0) is 24.8 Å². The van der Waals surface area contributed by atoms with Crippen LogP contribution in [0.5, 0.6) is 0 Å². The van der Waals surface area contributed by atoms with Gasteiger partial charge in [-0.1, -0.05) is 30.3 Å². The van der Waals surface area contributed by atoms with Gasteiger partial charge in [-0.15, -0.1) is 0 Å². The number of aromatic amines is 1. The van der Waals surface area contributed by atoms with Crippen molar-refractivity contribution in [3.8, 4) is 0 Å². The summed E-state index contributed by atoms with van der Waals surface area (Å²) in [5, 5.41) is 26.2. The molecule has 228 valence electrons. The van der Waals surface area contributed by atoms with Crippen LogP contribution in [0.25, 0.3) is 0 Å². The van der Waals surface area contributed by atoms with Gasteiger partial charge in [0.2, 0.25) is 17.7 Å². The lowest BCUT2D eigenvalue weighted by Gasteiger charge is -2.25. The lowest BCUT2D eigenvalue weighted by molar-refractivity contribution is -0.142. The van der Waals surface area contributed by atoms with Crippen molar-refractivity contribution in [3.05, 3.63) is 54.1 Å². The number of rotatable bonds is 18. The Morgan fingerprint density at radius 2 is 1.52 bits per heavy atom. The van der Waals surface area contributed by atoms with Crippen LogP contribution >= 0.6 is 0 Å². The summed E-state index contributed by atoms with van der Waals surface area (Å²) in [7, 11) is 0. The number of carboxylic acid groups (broad SMARTS) is 2. The van der Waals surface area contributed by atoms with E-state index in [-0.39, 0.29) is 44.6 Å². The summed E-state index contributed by atoms with van der Waals surface area (Å²) in [6, 6.07) is 3.67. The van der Waals surface area contributed by atoms with Crippen LogP contribution in [-0.2, 0) is 36.8 Å². The van der Waals surface area contributed by atoms with Crippen molar-refractivity contribution in [1.82, 2.24) is 25.9 Å². The molecule has 0 aliphatic carbocycles. The number of guanidine groups is 1. The Morgan fingerprint density at radius 1 is 0.881 bits per heavy atom. The van der Waals surface area contributed by atoms with E-state index in [1.165, 1.54) is 12.5 Å². The molecule has 12 N–H and O–H groups in total. The average molecular weight is 588 g/mol. The Kier molecular flexibility index (Phi) is 13.4. The maximum Gasteiger partial charge on any atom is 0.326 e. The number of aliphatic carboxylic acids is 2. The molecule has 0 saturated heterocycles. The molecule has 42 heavy (non-hydrogen) atoms. The van der Waals surface area contributed by atoms with Gasteiger partial charge >= 0.3 is 11.9 Å². The van der Waals surface area contributed by atoms with Gasteiger partial charge in [0.05, 0.1) is 12.4 Å². The monoisotopic (exact) mass is 587 g/mol. The molecule has 16 heteroatoms. The minimum Gasteiger partial charge on any atom is -0.481 e. The van der Waals surface area contributed by atoms with E-state index < -0.39 is 60.2 Å². The van der Waals surface area contributed by atoms with Crippen LogP contribution in [-0.4, -0.2) is 86.5 Å². The van der Waals surface area contributed by atoms with Gasteiger partial charge in [0.15, 0.2) is 5.96 Å². The fourth-order valence-electron chi connectivity index (χ4n) is 3.91. The zero-order valence-electron chi connectivity index (χ0n) is 22.9. The van der Waals surface area contributed by atoms with Crippen molar-refractivity contribution >= 4 is 35.6 Å². The predicted octanol–water partition coefficient (Wildman–Crippen LogP) is -2.02. The molecule has 1 heterocycles. The van der Waals surface area contributed by atoms with Crippen LogP contribution in [0, 0.1) is 0 Å². The number of aromatic nitrogens is 2. The zero-order chi connectivity index (χ0) is 31.1. The summed E-state index contributed by atoms with van der Waals surface area (Å²) >= 11 is 0. The third-order valence-corrected chi connectivity index (χ3v) is 6.09. The molecule has 16 nitrogen and oxygen atoms in total. The first-order valence-electron chi connectivity index (χ1n) is 13.1. The summed E-state index contributed by atoms with van der Waals surface area (Å²) in [6.45, 7) is 0.152. The highest BCUT2D eigenvalue weighted by atomic mass is 16.4. The number of benzene rings is 1. The molecule has 4 atom stereocenters. The second-order valence-electron chi connectivity index (χ2n) is 9.48. The van der Waals surface area contributed by atoms with E-state index in [1.807, 2.05) is 0 Å². The molecule has 1 aromatic carbocycles. The first-order chi connectivity index (χ1) is 20.0. The van der Waals surface area contributed by atoms with Crippen molar-refractivity contribution < 1.29 is 34.2 Å². The molecule has 0 fully saturated rings. The molecular weight excluding hydrogens is 550 g/mol. The lowest BCUT2D eigenvalue weighted by Crippen LogP contribution is -2.57. The number of imidazole rings is 1. The third-order valence-electron chi connectivity index (χ3n) is 6.09. The summed E-state index contributed by atoms with van der Waals surface area (Å²) in [5.74, 6) is -4.99. The number of hydrogen-bond acceptors (Lipinski definition) is 8. The van der Waals surface area contributed by atoms with E-state index in [0.29, 0.717) is 11.3 Å². The lowest BCUT2D eigenvalue weighted by atomic mass is 10.0. The normalized spacial score (nSPS) is 13.5. The van der Waals surface area contributed by atoms with Crippen LogP contribution in [0.4, 0.5) is 0 Å². The number of carbonyl (C=O) groups excluding carboxylic acids is 3. The average Bonchev–Trinajstić information content (AvgIpc) is 3.45. The molecule has 0 bridgehead atoms. The van der Waals surface area contributed by atoms with E-state index in [1.54, 1.807) is 30.3 Å². The minimum atomic E-state index is -1.35. The number of aliphatic imine (C=N–C) groups is 1. The Bertz CT molecular complexity index is 1220. The van der Waals surface area contributed by atoms with Gasteiger partial charge in [0.25, 0.3) is 0 Å². The fraction of sp³-hybridized carbons (Fsp3) is 0.423. The molecular formula is C26H37N9O7. The predicted molar refractivity (Wildman–Crippen MR) is 151 cm³/mol. The summed E-state index contributed by atoms with van der Waals surface area (Å²) in [6.07, 6.45) is 2.49. The van der Waals surface area contributed by atoms with Gasteiger partial charge in [-0.2, -0.15) is 0 Å². The van der Waals surface area contributed by atoms with Crippen molar-refractivity contribution in [2.45, 2.75) is 62.7 Å². The van der Waals surface area contributed by atoms with Crippen LogP contribution in [0.1, 0.15) is 36.9 Å². The van der Waals surface area contributed by atoms with Crippen LogP contribution in [0.2, 0.25) is 0 Å². The number of nitrogens with zero attached hydrogens (tertiary/aromatic N) is 2. The first kappa shape index (κ1) is 33.2. The van der Waals surface area contributed by atoms with Gasteiger partial charge in [-0.3, -0.25) is 24.2 Å².